The van der Waals surface area contributed by atoms with Gasteiger partial charge in [-0.2, -0.15) is 0 Å². The second-order valence-corrected chi connectivity index (χ2v) is 18.2. The molecule has 0 aromatic rings. The molecule has 1 amide bonds. The Labute approximate surface area is 390 Å². The highest BCUT2D eigenvalue weighted by Crippen LogP contribution is 2.18. The van der Waals surface area contributed by atoms with E-state index in [4.69, 9.17) is 4.74 Å². The Kier molecular flexibility index (Phi) is 48.6. The molecule has 0 spiro atoms. The van der Waals surface area contributed by atoms with Gasteiger partial charge in [-0.1, -0.05) is 223 Å². The summed E-state index contributed by atoms with van der Waals surface area (Å²) >= 11 is 0. The third-order valence-corrected chi connectivity index (χ3v) is 12.1. The number of ether oxygens (including phenoxy) is 1. The van der Waals surface area contributed by atoms with Crippen LogP contribution in [0.15, 0.2) is 60.8 Å². The molecule has 0 aromatic heterocycles. The molecule has 0 rings (SSSR count). The van der Waals surface area contributed by atoms with Gasteiger partial charge in [0.1, 0.15) is 6.10 Å². The van der Waals surface area contributed by atoms with Gasteiger partial charge in [0.05, 0.1) is 25.2 Å². The van der Waals surface area contributed by atoms with Crippen LogP contribution in [0, 0.1) is 0 Å². The summed E-state index contributed by atoms with van der Waals surface area (Å²) in [5, 5.41) is 23.8. The lowest BCUT2D eigenvalue weighted by Crippen LogP contribution is -2.46. The third-order valence-electron chi connectivity index (χ3n) is 12.1. The Bertz CT molecular complexity index is 1130. The summed E-state index contributed by atoms with van der Waals surface area (Å²) in [7, 11) is 0. The van der Waals surface area contributed by atoms with Gasteiger partial charge in [0.25, 0.3) is 0 Å². The number of allylic oxidation sites excluding steroid dienone is 10. The van der Waals surface area contributed by atoms with E-state index in [0.717, 1.165) is 103 Å². The lowest BCUT2D eigenvalue weighted by Gasteiger charge is -2.24. The summed E-state index contributed by atoms with van der Waals surface area (Å²) in [5.41, 5.74) is 0. The van der Waals surface area contributed by atoms with Crippen LogP contribution >= 0.6 is 0 Å². The Balaban J connectivity index is 4.63. The van der Waals surface area contributed by atoms with Crippen molar-refractivity contribution in [2.45, 2.75) is 283 Å². The smallest absolute Gasteiger partial charge is 0.306 e. The minimum absolute atomic E-state index is 0.0623. The fourth-order valence-corrected chi connectivity index (χ4v) is 8.00. The number of amides is 1. The molecular formula is C57H103NO5. The van der Waals surface area contributed by atoms with Crippen LogP contribution in [0.2, 0.25) is 0 Å². The molecule has 0 aliphatic heterocycles. The number of nitrogens with one attached hydrogen (secondary N) is 1. The van der Waals surface area contributed by atoms with Crippen molar-refractivity contribution in [2.24, 2.45) is 0 Å². The number of carbonyl (C=O) groups is 2. The van der Waals surface area contributed by atoms with Crippen LogP contribution in [0.4, 0.5) is 0 Å². The molecule has 0 bridgehead atoms. The number of hydrogen-bond donors (Lipinski definition) is 3. The normalized spacial score (nSPS) is 13.7. The molecular weight excluding hydrogens is 779 g/mol. The number of rotatable bonds is 48. The summed E-state index contributed by atoms with van der Waals surface area (Å²) in [6.45, 7) is 6.35. The van der Waals surface area contributed by atoms with E-state index < -0.39 is 18.2 Å². The van der Waals surface area contributed by atoms with E-state index in [1.165, 1.54) is 116 Å². The maximum atomic E-state index is 13.2. The maximum absolute atomic E-state index is 13.2. The average Bonchev–Trinajstić information content (AvgIpc) is 3.28. The zero-order chi connectivity index (χ0) is 45.9. The highest BCUT2D eigenvalue weighted by Gasteiger charge is 2.24. The molecule has 3 N–H and O–H groups in total. The molecule has 3 atom stereocenters. The van der Waals surface area contributed by atoms with Gasteiger partial charge in [-0.05, 0) is 89.9 Å². The lowest BCUT2D eigenvalue weighted by atomic mass is 10.0. The van der Waals surface area contributed by atoms with Crippen molar-refractivity contribution in [3.63, 3.8) is 0 Å². The molecule has 0 heterocycles. The predicted molar refractivity (Wildman–Crippen MR) is 273 cm³/mol. The first kappa shape index (κ1) is 60.6. The maximum Gasteiger partial charge on any atom is 0.306 e. The van der Waals surface area contributed by atoms with Crippen molar-refractivity contribution in [3.05, 3.63) is 60.8 Å². The molecule has 0 aliphatic rings. The van der Waals surface area contributed by atoms with E-state index in [9.17, 15) is 19.8 Å². The Hall–Kier alpha value is -2.44. The Morgan fingerprint density at radius 3 is 1.33 bits per heavy atom. The molecule has 0 aromatic carbocycles. The van der Waals surface area contributed by atoms with Gasteiger partial charge in [0.15, 0.2) is 0 Å². The van der Waals surface area contributed by atoms with Crippen LogP contribution < -0.4 is 5.32 Å². The van der Waals surface area contributed by atoms with Crippen molar-refractivity contribution in [1.29, 1.82) is 0 Å². The van der Waals surface area contributed by atoms with Crippen molar-refractivity contribution in [3.8, 4) is 0 Å². The van der Waals surface area contributed by atoms with Gasteiger partial charge >= 0.3 is 5.97 Å². The molecule has 63 heavy (non-hydrogen) atoms. The Morgan fingerprint density at radius 2 is 0.857 bits per heavy atom. The number of carbonyl (C=O) groups excluding carboxylic acids is 2. The number of aliphatic hydroxyl groups is 2. The van der Waals surface area contributed by atoms with Crippen molar-refractivity contribution < 1.29 is 24.5 Å². The molecule has 6 heteroatoms. The highest BCUT2D eigenvalue weighted by molar-refractivity contribution is 5.77. The van der Waals surface area contributed by atoms with Gasteiger partial charge in [0, 0.05) is 6.42 Å². The van der Waals surface area contributed by atoms with Crippen LogP contribution in [0.5, 0.6) is 0 Å². The van der Waals surface area contributed by atoms with Crippen molar-refractivity contribution in [1.82, 2.24) is 5.32 Å². The predicted octanol–water partition coefficient (Wildman–Crippen LogP) is 16.4. The van der Waals surface area contributed by atoms with Gasteiger partial charge in [-0.15, -0.1) is 0 Å². The van der Waals surface area contributed by atoms with E-state index in [0.29, 0.717) is 19.3 Å². The Morgan fingerprint density at radius 1 is 0.476 bits per heavy atom. The summed E-state index contributed by atoms with van der Waals surface area (Å²) < 4.78 is 5.93. The molecule has 0 radical (unpaired) electrons. The van der Waals surface area contributed by atoms with Gasteiger partial charge < -0.3 is 20.3 Å². The minimum atomic E-state index is -0.795. The van der Waals surface area contributed by atoms with Crippen LogP contribution in [0.25, 0.3) is 0 Å². The molecule has 0 saturated heterocycles. The topological polar surface area (TPSA) is 95.9 Å². The van der Waals surface area contributed by atoms with Crippen LogP contribution in [0.3, 0.4) is 0 Å². The number of hydrogen-bond acceptors (Lipinski definition) is 5. The van der Waals surface area contributed by atoms with Crippen molar-refractivity contribution >= 4 is 11.9 Å². The van der Waals surface area contributed by atoms with E-state index in [1.54, 1.807) is 0 Å². The SMILES string of the molecule is CC/C=C/C/C=C/C/C=C/CCCCCCC(=O)OC(CCCCCCCCC/C=C\C/C=C\CCCCC)CC(=O)NC(CO)C(O)CCCCCCCCCCCCCCC. The molecule has 0 aliphatic carbocycles. The van der Waals surface area contributed by atoms with E-state index in [1.807, 2.05) is 0 Å². The van der Waals surface area contributed by atoms with Crippen LogP contribution in [-0.4, -0.2) is 46.9 Å². The highest BCUT2D eigenvalue weighted by atomic mass is 16.5. The fourth-order valence-electron chi connectivity index (χ4n) is 8.00. The quantitative estimate of drug-likeness (QED) is 0.0321. The average molecular weight is 882 g/mol. The fraction of sp³-hybridized carbons (Fsp3) is 0.789. The summed E-state index contributed by atoms with van der Waals surface area (Å²) in [6.07, 6.45) is 62.8. The van der Waals surface area contributed by atoms with Crippen molar-refractivity contribution in [2.75, 3.05) is 6.61 Å². The third kappa shape index (κ3) is 45.9. The second-order valence-electron chi connectivity index (χ2n) is 18.2. The van der Waals surface area contributed by atoms with Gasteiger partial charge in [-0.25, -0.2) is 0 Å². The number of unbranched alkanes of at least 4 members (excludes halogenated alkanes) is 26. The molecule has 0 saturated carbocycles. The summed E-state index contributed by atoms with van der Waals surface area (Å²) in [6, 6.07) is -0.710. The van der Waals surface area contributed by atoms with Crippen LogP contribution in [0.1, 0.15) is 265 Å². The zero-order valence-electron chi connectivity index (χ0n) is 41.7. The lowest BCUT2D eigenvalue weighted by molar-refractivity contribution is -0.151. The standard InChI is InChI=1S/C57H103NO5/c1-4-7-10-13-16-19-22-25-27-28-29-31-33-36-39-42-45-48-53(63-57(62)50-47-44-41-38-35-32-26-23-20-17-14-11-8-5-2)51-56(61)58-54(52-59)55(60)49-46-43-40-37-34-30-24-21-18-15-12-9-6-3/h8,11,16-17,19-20,25-27,32,53-55,59-60H,4-7,9-10,12-15,18,21-24,28-31,33-52H2,1-3H3,(H,58,61)/b11-8+,19-16-,20-17+,27-25-,32-26+. The van der Waals surface area contributed by atoms with E-state index in [-0.39, 0.29) is 24.9 Å². The first-order valence-corrected chi connectivity index (χ1v) is 27.0. The summed E-state index contributed by atoms with van der Waals surface area (Å²) in [5.74, 6) is -0.503. The number of aliphatic hydroxyl groups excluding tert-OH is 2. The summed E-state index contributed by atoms with van der Waals surface area (Å²) in [4.78, 5) is 26.2. The monoisotopic (exact) mass is 882 g/mol. The van der Waals surface area contributed by atoms with Crippen LogP contribution in [-0.2, 0) is 14.3 Å². The molecule has 3 unspecified atom stereocenters. The van der Waals surface area contributed by atoms with E-state index >= 15 is 0 Å². The first-order valence-electron chi connectivity index (χ1n) is 27.0. The molecule has 6 nitrogen and oxygen atoms in total. The minimum Gasteiger partial charge on any atom is -0.462 e. The van der Waals surface area contributed by atoms with Gasteiger partial charge in [0.2, 0.25) is 5.91 Å². The molecule has 0 fully saturated rings. The zero-order valence-corrected chi connectivity index (χ0v) is 41.7. The number of esters is 1. The second kappa shape index (κ2) is 50.6. The molecule has 366 valence electrons. The first-order chi connectivity index (χ1) is 31.0. The van der Waals surface area contributed by atoms with Gasteiger partial charge in [-0.3, -0.25) is 9.59 Å². The van der Waals surface area contributed by atoms with E-state index in [2.05, 4.69) is 86.8 Å². The largest absolute Gasteiger partial charge is 0.462 e.